The summed E-state index contributed by atoms with van der Waals surface area (Å²) in [6.07, 6.45) is 0.286. The van der Waals surface area contributed by atoms with Crippen LogP contribution in [-0.4, -0.2) is 36.7 Å². The summed E-state index contributed by atoms with van der Waals surface area (Å²) in [5.74, 6) is 0. The summed E-state index contributed by atoms with van der Waals surface area (Å²) < 4.78 is 0. The molecular formula is C11H20N2OS. The second-order valence-corrected chi connectivity index (χ2v) is 5.47. The number of hydrogen-bond donors (Lipinski definition) is 2. The van der Waals surface area contributed by atoms with Gasteiger partial charge in [-0.15, -0.1) is 11.3 Å². The zero-order chi connectivity index (χ0) is 11.4. The van der Waals surface area contributed by atoms with Gasteiger partial charge < -0.3 is 15.7 Å². The highest BCUT2D eigenvalue weighted by Gasteiger charge is 2.18. The van der Waals surface area contributed by atoms with E-state index in [1.165, 1.54) is 4.88 Å². The number of aliphatic hydroxyl groups is 1. The van der Waals surface area contributed by atoms with E-state index in [1.54, 1.807) is 11.3 Å². The van der Waals surface area contributed by atoms with Crippen molar-refractivity contribution in [2.24, 2.45) is 5.73 Å². The van der Waals surface area contributed by atoms with E-state index in [0.29, 0.717) is 0 Å². The highest BCUT2D eigenvalue weighted by molar-refractivity contribution is 7.12. The lowest BCUT2D eigenvalue weighted by Gasteiger charge is -2.19. The summed E-state index contributed by atoms with van der Waals surface area (Å²) in [7, 11) is 4.02. The van der Waals surface area contributed by atoms with Crippen molar-refractivity contribution < 1.29 is 5.11 Å². The first-order valence-electron chi connectivity index (χ1n) is 5.15. The van der Waals surface area contributed by atoms with E-state index in [1.807, 2.05) is 33.2 Å². The maximum atomic E-state index is 9.98. The summed E-state index contributed by atoms with van der Waals surface area (Å²) >= 11 is 1.61. The molecule has 3 N–H and O–H groups in total. The van der Waals surface area contributed by atoms with Crippen LogP contribution in [0.4, 0.5) is 0 Å². The average molecular weight is 228 g/mol. The molecule has 0 aromatic carbocycles. The molecule has 1 aromatic heterocycles. The molecule has 1 heterocycles. The van der Waals surface area contributed by atoms with Crippen molar-refractivity contribution >= 4 is 11.3 Å². The minimum absolute atomic E-state index is 0.176. The average Bonchev–Trinajstić information content (AvgIpc) is 2.60. The topological polar surface area (TPSA) is 49.5 Å². The minimum atomic E-state index is -0.524. The Balaban J connectivity index is 2.49. The first-order valence-corrected chi connectivity index (χ1v) is 5.97. The molecule has 86 valence electrons. The molecule has 0 aliphatic rings. The van der Waals surface area contributed by atoms with Gasteiger partial charge in [0.25, 0.3) is 0 Å². The number of nitrogens with zero attached hydrogens (tertiary/aromatic N) is 1. The molecule has 4 heteroatoms. The highest BCUT2D eigenvalue weighted by Crippen LogP contribution is 2.25. The third kappa shape index (κ3) is 3.91. The first kappa shape index (κ1) is 12.6. The second-order valence-electron chi connectivity index (χ2n) is 4.15. The fourth-order valence-corrected chi connectivity index (χ4v) is 2.33. The van der Waals surface area contributed by atoms with Gasteiger partial charge in [-0.3, -0.25) is 0 Å². The lowest BCUT2D eigenvalue weighted by molar-refractivity contribution is 0.141. The minimum Gasteiger partial charge on any atom is -0.386 e. The Bertz CT molecular complexity index is 299. The fraction of sp³-hybridized carbons (Fsp3) is 0.636. The largest absolute Gasteiger partial charge is 0.386 e. The van der Waals surface area contributed by atoms with E-state index in [2.05, 4.69) is 4.90 Å². The van der Waals surface area contributed by atoms with Crippen LogP contribution in [-0.2, 0) is 0 Å². The van der Waals surface area contributed by atoms with E-state index in [9.17, 15) is 5.11 Å². The molecule has 2 atom stereocenters. The molecule has 0 spiro atoms. The van der Waals surface area contributed by atoms with Gasteiger partial charge >= 0.3 is 0 Å². The molecule has 0 radical (unpaired) electrons. The molecule has 0 saturated carbocycles. The summed E-state index contributed by atoms with van der Waals surface area (Å²) in [5, 5.41) is 9.98. The van der Waals surface area contributed by atoms with Gasteiger partial charge in [0, 0.05) is 15.8 Å². The predicted octanol–water partition coefficient (Wildman–Crippen LogP) is 1.37. The van der Waals surface area contributed by atoms with Crippen LogP contribution in [0.25, 0.3) is 0 Å². The standard InChI is InChI=1S/C11H20N2OS/c1-8-4-5-10(15-8)11(14)9(12)6-7-13(2)3/h4-5,9,11,14H,6-7,12H2,1-3H3. The molecule has 0 bridgehead atoms. The molecule has 3 nitrogen and oxygen atoms in total. The molecule has 2 unspecified atom stereocenters. The van der Waals surface area contributed by atoms with Crippen LogP contribution < -0.4 is 5.73 Å². The molecule has 0 fully saturated rings. The van der Waals surface area contributed by atoms with Gasteiger partial charge in [0.1, 0.15) is 6.10 Å². The third-order valence-corrected chi connectivity index (χ3v) is 3.44. The Morgan fingerprint density at radius 1 is 1.47 bits per heavy atom. The SMILES string of the molecule is Cc1ccc(C(O)C(N)CCN(C)C)s1. The predicted molar refractivity (Wildman–Crippen MR) is 65.2 cm³/mol. The van der Waals surface area contributed by atoms with Gasteiger partial charge in [-0.1, -0.05) is 0 Å². The van der Waals surface area contributed by atoms with Crippen LogP contribution in [0.15, 0.2) is 12.1 Å². The Kier molecular flexibility index (Phi) is 4.73. The summed E-state index contributed by atoms with van der Waals surface area (Å²) in [4.78, 5) is 4.26. The van der Waals surface area contributed by atoms with Gasteiger partial charge in [0.15, 0.2) is 0 Å². The fourth-order valence-electron chi connectivity index (χ4n) is 1.39. The molecule has 0 amide bonds. The van der Waals surface area contributed by atoms with Crippen molar-refractivity contribution in [1.29, 1.82) is 0 Å². The third-order valence-electron chi connectivity index (χ3n) is 2.37. The number of nitrogens with two attached hydrogens (primary N) is 1. The second kappa shape index (κ2) is 5.61. The van der Waals surface area contributed by atoms with Crippen molar-refractivity contribution in [3.05, 3.63) is 21.9 Å². The monoisotopic (exact) mass is 228 g/mol. The maximum Gasteiger partial charge on any atom is 0.103 e. The lowest BCUT2D eigenvalue weighted by Crippen LogP contribution is -2.31. The number of hydrogen-bond acceptors (Lipinski definition) is 4. The van der Waals surface area contributed by atoms with Gasteiger partial charge in [0.2, 0.25) is 0 Å². The Morgan fingerprint density at radius 3 is 2.60 bits per heavy atom. The normalized spacial score (nSPS) is 15.6. The number of thiophene rings is 1. The van der Waals surface area contributed by atoms with Gasteiger partial charge in [-0.25, -0.2) is 0 Å². The number of rotatable bonds is 5. The quantitative estimate of drug-likeness (QED) is 0.800. The lowest BCUT2D eigenvalue weighted by atomic mass is 10.1. The van der Waals surface area contributed by atoms with Gasteiger partial charge in [-0.2, -0.15) is 0 Å². The number of aliphatic hydroxyl groups excluding tert-OH is 1. The van der Waals surface area contributed by atoms with Crippen molar-refractivity contribution in [3.8, 4) is 0 Å². The van der Waals surface area contributed by atoms with E-state index >= 15 is 0 Å². The molecule has 1 aromatic rings. The van der Waals surface area contributed by atoms with Gasteiger partial charge in [-0.05, 0) is 46.1 Å². The Morgan fingerprint density at radius 2 is 2.13 bits per heavy atom. The van der Waals surface area contributed by atoms with Crippen LogP contribution >= 0.6 is 11.3 Å². The first-order chi connectivity index (χ1) is 7.00. The highest BCUT2D eigenvalue weighted by atomic mass is 32.1. The Labute approximate surface area is 95.5 Å². The van der Waals surface area contributed by atoms with Crippen LogP contribution in [0.1, 0.15) is 22.3 Å². The van der Waals surface area contributed by atoms with Crippen molar-refractivity contribution in [3.63, 3.8) is 0 Å². The van der Waals surface area contributed by atoms with E-state index < -0.39 is 6.10 Å². The molecule has 1 rings (SSSR count). The van der Waals surface area contributed by atoms with Gasteiger partial charge in [0.05, 0.1) is 0 Å². The van der Waals surface area contributed by atoms with E-state index in [0.717, 1.165) is 17.8 Å². The number of aryl methyl sites for hydroxylation is 1. The smallest absolute Gasteiger partial charge is 0.103 e. The maximum absolute atomic E-state index is 9.98. The molecule has 0 aliphatic carbocycles. The van der Waals surface area contributed by atoms with Crippen molar-refractivity contribution in [1.82, 2.24) is 4.90 Å². The Hall–Kier alpha value is -0.420. The van der Waals surface area contributed by atoms with Crippen LogP contribution in [0.5, 0.6) is 0 Å². The zero-order valence-electron chi connectivity index (χ0n) is 9.60. The zero-order valence-corrected chi connectivity index (χ0v) is 10.4. The van der Waals surface area contributed by atoms with Crippen molar-refractivity contribution in [2.75, 3.05) is 20.6 Å². The summed E-state index contributed by atoms with van der Waals surface area (Å²) in [5.41, 5.74) is 5.94. The molecular weight excluding hydrogens is 208 g/mol. The molecule has 0 saturated heterocycles. The van der Waals surface area contributed by atoms with E-state index in [-0.39, 0.29) is 6.04 Å². The molecule has 15 heavy (non-hydrogen) atoms. The summed E-state index contributed by atoms with van der Waals surface area (Å²) in [6, 6.07) is 3.80. The van der Waals surface area contributed by atoms with Crippen molar-refractivity contribution in [2.45, 2.75) is 25.5 Å². The van der Waals surface area contributed by atoms with Crippen LogP contribution in [0.2, 0.25) is 0 Å². The van der Waals surface area contributed by atoms with Crippen LogP contribution in [0.3, 0.4) is 0 Å². The molecule has 0 aliphatic heterocycles. The van der Waals surface area contributed by atoms with Crippen LogP contribution in [0, 0.1) is 6.92 Å². The summed E-state index contributed by atoms with van der Waals surface area (Å²) in [6.45, 7) is 2.94. The van der Waals surface area contributed by atoms with E-state index in [4.69, 9.17) is 5.73 Å².